The minimum absolute atomic E-state index is 1.04. The third-order valence-electron chi connectivity index (χ3n) is 1.96. The van der Waals surface area contributed by atoms with Crippen LogP contribution in [0, 0.1) is 6.92 Å². The Kier molecular flexibility index (Phi) is 1.70. The molecule has 1 aromatic carbocycles. The van der Waals surface area contributed by atoms with E-state index < -0.39 is 0 Å². The van der Waals surface area contributed by atoms with Crippen LogP contribution in [0.5, 0.6) is 0 Å². The van der Waals surface area contributed by atoms with Crippen molar-refractivity contribution >= 4 is 33.1 Å². The van der Waals surface area contributed by atoms with Gasteiger partial charge in [-0.1, -0.05) is 18.2 Å². The fourth-order valence-corrected chi connectivity index (χ4v) is 2.33. The standard InChI is InChI=1S/C10H9NS/c1-7-8-5-3-4-6-9(8)12-10(7)11-2/h3-6H,2H2,1H3. The molecule has 0 aliphatic rings. The molecular formula is C10H9NS. The lowest BCUT2D eigenvalue weighted by Gasteiger charge is -1.88. The Balaban J connectivity index is 2.87. The van der Waals surface area contributed by atoms with E-state index >= 15 is 0 Å². The third-order valence-corrected chi connectivity index (χ3v) is 3.17. The highest BCUT2D eigenvalue weighted by Gasteiger charge is 2.04. The van der Waals surface area contributed by atoms with Gasteiger partial charge in [0.1, 0.15) is 5.00 Å². The van der Waals surface area contributed by atoms with Gasteiger partial charge in [0, 0.05) is 4.70 Å². The lowest BCUT2D eigenvalue weighted by Crippen LogP contribution is -1.65. The molecule has 0 atom stereocenters. The molecule has 0 fully saturated rings. The van der Waals surface area contributed by atoms with Crippen molar-refractivity contribution in [1.82, 2.24) is 0 Å². The van der Waals surface area contributed by atoms with Crippen LogP contribution in [0.1, 0.15) is 5.56 Å². The number of fused-ring (bicyclic) bond motifs is 1. The molecule has 1 nitrogen and oxygen atoms in total. The van der Waals surface area contributed by atoms with E-state index in [4.69, 9.17) is 0 Å². The van der Waals surface area contributed by atoms with Gasteiger partial charge in [0.25, 0.3) is 0 Å². The van der Waals surface area contributed by atoms with Gasteiger partial charge >= 0.3 is 0 Å². The minimum Gasteiger partial charge on any atom is -0.253 e. The molecule has 0 saturated carbocycles. The SMILES string of the molecule is C=Nc1sc2ccccc2c1C. The molecule has 0 radical (unpaired) electrons. The van der Waals surface area contributed by atoms with E-state index in [-0.39, 0.29) is 0 Å². The van der Waals surface area contributed by atoms with Crippen molar-refractivity contribution in [2.75, 3.05) is 0 Å². The predicted molar refractivity (Wildman–Crippen MR) is 55.8 cm³/mol. The van der Waals surface area contributed by atoms with Crippen molar-refractivity contribution in [3.63, 3.8) is 0 Å². The van der Waals surface area contributed by atoms with Crippen LogP contribution in [-0.4, -0.2) is 6.72 Å². The summed E-state index contributed by atoms with van der Waals surface area (Å²) < 4.78 is 1.29. The molecule has 0 spiro atoms. The van der Waals surface area contributed by atoms with Crippen LogP contribution in [0.4, 0.5) is 5.00 Å². The first-order valence-corrected chi connectivity index (χ1v) is 4.59. The van der Waals surface area contributed by atoms with E-state index in [1.54, 1.807) is 11.3 Å². The molecule has 2 aromatic rings. The number of aryl methyl sites for hydroxylation is 1. The van der Waals surface area contributed by atoms with Crippen LogP contribution in [0.25, 0.3) is 10.1 Å². The van der Waals surface area contributed by atoms with Gasteiger partial charge in [-0.15, -0.1) is 11.3 Å². The number of aliphatic imine (C=N–C) groups is 1. The molecule has 12 heavy (non-hydrogen) atoms. The third kappa shape index (κ3) is 0.959. The molecule has 1 aromatic heterocycles. The lowest BCUT2D eigenvalue weighted by atomic mass is 10.2. The van der Waals surface area contributed by atoms with E-state index in [1.807, 2.05) is 6.07 Å². The maximum absolute atomic E-state index is 3.98. The van der Waals surface area contributed by atoms with Gasteiger partial charge in [-0.25, -0.2) is 0 Å². The second kappa shape index (κ2) is 2.72. The average Bonchev–Trinajstić information content (AvgIpc) is 2.44. The highest BCUT2D eigenvalue weighted by molar-refractivity contribution is 7.22. The minimum atomic E-state index is 1.04. The highest BCUT2D eigenvalue weighted by Crippen LogP contribution is 2.36. The molecule has 2 rings (SSSR count). The van der Waals surface area contributed by atoms with Crippen LogP contribution in [0.2, 0.25) is 0 Å². The summed E-state index contributed by atoms with van der Waals surface area (Å²) in [4.78, 5) is 3.98. The van der Waals surface area contributed by atoms with Gasteiger partial charge in [-0.3, -0.25) is 4.99 Å². The molecule has 60 valence electrons. The zero-order valence-corrected chi connectivity index (χ0v) is 7.69. The summed E-state index contributed by atoms with van der Waals surface area (Å²) in [6, 6.07) is 8.33. The largest absolute Gasteiger partial charge is 0.253 e. The van der Waals surface area contributed by atoms with Crippen molar-refractivity contribution in [2.45, 2.75) is 6.92 Å². The summed E-state index contributed by atoms with van der Waals surface area (Å²) in [5, 5.41) is 2.33. The summed E-state index contributed by atoms with van der Waals surface area (Å²) in [5.41, 5.74) is 1.24. The molecule has 0 bridgehead atoms. The first-order valence-electron chi connectivity index (χ1n) is 3.78. The first kappa shape index (κ1) is 7.50. The van der Waals surface area contributed by atoms with E-state index in [2.05, 4.69) is 36.8 Å². The van der Waals surface area contributed by atoms with E-state index in [1.165, 1.54) is 15.6 Å². The van der Waals surface area contributed by atoms with Crippen LogP contribution in [0.15, 0.2) is 29.3 Å². The second-order valence-corrected chi connectivity index (χ2v) is 3.72. The van der Waals surface area contributed by atoms with Gasteiger partial charge in [0.2, 0.25) is 0 Å². The quantitative estimate of drug-likeness (QED) is 0.588. The number of nitrogens with zero attached hydrogens (tertiary/aromatic N) is 1. The molecule has 0 N–H and O–H groups in total. The van der Waals surface area contributed by atoms with E-state index in [0.29, 0.717) is 0 Å². The fraction of sp³-hybridized carbons (Fsp3) is 0.100. The van der Waals surface area contributed by atoms with Crippen molar-refractivity contribution in [1.29, 1.82) is 0 Å². The van der Waals surface area contributed by atoms with Crippen molar-refractivity contribution in [3.8, 4) is 0 Å². The topological polar surface area (TPSA) is 12.4 Å². The Labute approximate surface area is 75.4 Å². The Morgan fingerprint density at radius 3 is 2.75 bits per heavy atom. The summed E-state index contributed by atoms with van der Waals surface area (Å²) in [5.74, 6) is 0. The Morgan fingerprint density at radius 2 is 2.08 bits per heavy atom. The highest BCUT2D eigenvalue weighted by atomic mass is 32.1. The smallest absolute Gasteiger partial charge is 0.119 e. The van der Waals surface area contributed by atoms with Crippen LogP contribution < -0.4 is 0 Å². The first-order chi connectivity index (χ1) is 5.83. The molecule has 0 unspecified atom stereocenters. The Morgan fingerprint density at radius 1 is 1.33 bits per heavy atom. The van der Waals surface area contributed by atoms with Gasteiger partial charge in [-0.2, -0.15) is 0 Å². The molecule has 0 amide bonds. The van der Waals surface area contributed by atoms with Gasteiger partial charge in [0.05, 0.1) is 0 Å². The molecular weight excluding hydrogens is 166 g/mol. The number of thiophene rings is 1. The zero-order valence-electron chi connectivity index (χ0n) is 6.87. The van der Waals surface area contributed by atoms with Crippen LogP contribution >= 0.6 is 11.3 Å². The maximum Gasteiger partial charge on any atom is 0.119 e. The van der Waals surface area contributed by atoms with E-state index in [0.717, 1.165) is 5.00 Å². The molecule has 0 aliphatic carbocycles. The van der Waals surface area contributed by atoms with Crippen LogP contribution in [-0.2, 0) is 0 Å². The number of hydrogen-bond donors (Lipinski definition) is 0. The summed E-state index contributed by atoms with van der Waals surface area (Å²) in [7, 11) is 0. The Bertz CT molecular complexity index is 428. The molecule has 2 heteroatoms. The fourth-order valence-electron chi connectivity index (χ4n) is 1.31. The van der Waals surface area contributed by atoms with Gasteiger partial charge in [0.15, 0.2) is 0 Å². The summed E-state index contributed by atoms with van der Waals surface area (Å²) in [6.07, 6.45) is 0. The van der Waals surface area contributed by atoms with Gasteiger partial charge in [-0.05, 0) is 30.7 Å². The molecule has 1 heterocycles. The lowest BCUT2D eigenvalue weighted by molar-refractivity contribution is 1.53. The monoisotopic (exact) mass is 175 g/mol. The zero-order chi connectivity index (χ0) is 8.55. The van der Waals surface area contributed by atoms with Crippen LogP contribution in [0.3, 0.4) is 0 Å². The average molecular weight is 175 g/mol. The summed E-state index contributed by atoms with van der Waals surface area (Å²) >= 11 is 1.69. The maximum atomic E-state index is 3.98. The molecule has 0 aliphatic heterocycles. The Hall–Kier alpha value is -1.15. The summed E-state index contributed by atoms with van der Waals surface area (Å²) in [6.45, 7) is 5.63. The second-order valence-electron chi connectivity index (χ2n) is 2.69. The number of hydrogen-bond acceptors (Lipinski definition) is 2. The van der Waals surface area contributed by atoms with E-state index in [9.17, 15) is 0 Å². The normalized spacial score (nSPS) is 10.4. The number of rotatable bonds is 1. The predicted octanol–water partition coefficient (Wildman–Crippen LogP) is 3.54. The van der Waals surface area contributed by atoms with Gasteiger partial charge < -0.3 is 0 Å². The number of benzene rings is 1. The molecule has 0 saturated heterocycles. The van der Waals surface area contributed by atoms with Crippen molar-refractivity contribution in [2.24, 2.45) is 4.99 Å². The van der Waals surface area contributed by atoms with Crippen molar-refractivity contribution in [3.05, 3.63) is 29.8 Å². The van der Waals surface area contributed by atoms with Crippen molar-refractivity contribution < 1.29 is 0 Å².